The standard InChI is InChI=1S/C15H26N2O4/c1-2-21-15(20)16-13-7-12(14(18)19)9-17(10-13)8-11-5-3-4-6-11/h11-13H,2-10H2,1H3,(H,16,20)(H,18,19). The summed E-state index contributed by atoms with van der Waals surface area (Å²) in [7, 11) is 0. The summed E-state index contributed by atoms with van der Waals surface area (Å²) in [5.74, 6) is -0.505. The third-order valence-electron chi connectivity index (χ3n) is 4.46. The summed E-state index contributed by atoms with van der Waals surface area (Å²) < 4.78 is 4.89. The Morgan fingerprint density at radius 2 is 2.00 bits per heavy atom. The highest BCUT2D eigenvalue weighted by atomic mass is 16.5. The van der Waals surface area contributed by atoms with E-state index in [-0.39, 0.29) is 6.04 Å². The van der Waals surface area contributed by atoms with E-state index in [0.717, 1.165) is 13.1 Å². The summed E-state index contributed by atoms with van der Waals surface area (Å²) in [6, 6.07) is -0.139. The molecule has 2 atom stereocenters. The van der Waals surface area contributed by atoms with E-state index in [1.54, 1.807) is 6.92 Å². The minimum absolute atomic E-state index is 0.139. The van der Waals surface area contributed by atoms with Crippen molar-refractivity contribution < 1.29 is 19.4 Å². The van der Waals surface area contributed by atoms with Gasteiger partial charge in [-0.05, 0) is 32.1 Å². The summed E-state index contributed by atoms with van der Waals surface area (Å²) in [5, 5.41) is 12.1. The van der Waals surface area contributed by atoms with E-state index >= 15 is 0 Å². The van der Waals surface area contributed by atoms with Crippen LogP contribution in [0.2, 0.25) is 0 Å². The van der Waals surface area contributed by atoms with Gasteiger partial charge in [0.1, 0.15) is 0 Å². The Morgan fingerprint density at radius 3 is 2.62 bits per heavy atom. The zero-order valence-corrected chi connectivity index (χ0v) is 12.7. The number of aliphatic carboxylic acids is 1. The Kier molecular flexibility index (Phi) is 5.85. The van der Waals surface area contributed by atoms with E-state index in [1.165, 1.54) is 25.7 Å². The lowest BCUT2D eigenvalue weighted by Gasteiger charge is -2.37. The number of hydrogen-bond acceptors (Lipinski definition) is 4. The SMILES string of the molecule is CCOC(=O)NC1CC(C(=O)O)CN(CC2CCCC2)C1. The van der Waals surface area contributed by atoms with Gasteiger partial charge in [0.25, 0.3) is 0 Å². The van der Waals surface area contributed by atoms with Gasteiger partial charge in [-0.25, -0.2) is 4.79 Å². The van der Waals surface area contributed by atoms with Gasteiger partial charge in [-0.15, -0.1) is 0 Å². The van der Waals surface area contributed by atoms with Gasteiger partial charge < -0.3 is 20.1 Å². The molecule has 0 spiro atoms. The maximum atomic E-state index is 11.5. The van der Waals surface area contributed by atoms with Crippen molar-refractivity contribution >= 4 is 12.1 Å². The van der Waals surface area contributed by atoms with Crippen LogP contribution in [0.3, 0.4) is 0 Å². The first kappa shape index (κ1) is 16.1. The zero-order valence-electron chi connectivity index (χ0n) is 12.7. The minimum Gasteiger partial charge on any atom is -0.481 e. The van der Waals surface area contributed by atoms with Gasteiger partial charge >= 0.3 is 12.1 Å². The van der Waals surface area contributed by atoms with Crippen LogP contribution in [0.15, 0.2) is 0 Å². The van der Waals surface area contributed by atoms with Crippen LogP contribution in [-0.4, -0.2) is 54.4 Å². The number of nitrogens with one attached hydrogen (secondary N) is 1. The number of likely N-dealkylation sites (tertiary alicyclic amines) is 1. The van der Waals surface area contributed by atoms with Crippen molar-refractivity contribution in [1.29, 1.82) is 0 Å². The number of amides is 1. The topological polar surface area (TPSA) is 78.9 Å². The fraction of sp³-hybridized carbons (Fsp3) is 0.867. The number of hydrogen-bond donors (Lipinski definition) is 2. The van der Waals surface area contributed by atoms with Crippen molar-refractivity contribution in [3.05, 3.63) is 0 Å². The molecule has 1 saturated heterocycles. The number of piperidine rings is 1. The van der Waals surface area contributed by atoms with Crippen molar-refractivity contribution in [2.24, 2.45) is 11.8 Å². The average Bonchev–Trinajstić information content (AvgIpc) is 2.91. The van der Waals surface area contributed by atoms with Crippen molar-refractivity contribution in [2.45, 2.75) is 45.1 Å². The molecule has 2 fully saturated rings. The molecule has 21 heavy (non-hydrogen) atoms. The third-order valence-corrected chi connectivity index (χ3v) is 4.46. The number of ether oxygens (including phenoxy) is 1. The molecular weight excluding hydrogens is 272 g/mol. The fourth-order valence-corrected chi connectivity index (χ4v) is 3.52. The van der Waals surface area contributed by atoms with Crippen LogP contribution in [0.5, 0.6) is 0 Å². The minimum atomic E-state index is -0.776. The lowest BCUT2D eigenvalue weighted by Crippen LogP contribution is -2.53. The van der Waals surface area contributed by atoms with Crippen LogP contribution in [0.4, 0.5) is 4.79 Å². The number of carboxylic acids is 1. The molecule has 1 saturated carbocycles. The molecule has 0 aromatic carbocycles. The van der Waals surface area contributed by atoms with E-state index in [1.807, 2.05) is 0 Å². The number of carbonyl (C=O) groups is 2. The van der Waals surface area contributed by atoms with Crippen LogP contribution in [0, 0.1) is 11.8 Å². The first-order valence-electron chi connectivity index (χ1n) is 7.97. The molecule has 0 bridgehead atoms. The van der Waals surface area contributed by atoms with Crippen molar-refractivity contribution in [3.63, 3.8) is 0 Å². The zero-order chi connectivity index (χ0) is 15.2. The number of nitrogens with zero attached hydrogens (tertiary/aromatic N) is 1. The quantitative estimate of drug-likeness (QED) is 0.807. The van der Waals surface area contributed by atoms with Crippen molar-refractivity contribution in [2.75, 3.05) is 26.2 Å². The van der Waals surface area contributed by atoms with Crippen LogP contribution in [0.1, 0.15) is 39.0 Å². The molecule has 1 amide bonds. The van der Waals surface area contributed by atoms with Gasteiger partial charge in [0.05, 0.1) is 12.5 Å². The van der Waals surface area contributed by atoms with E-state index in [9.17, 15) is 14.7 Å². The fourth-order valence-electron chi connectivity index (χ4n) is 3.52. The van der Waals surface area contributed by atoms with E-state index < -0.39 is 18.0 Å². The molecule has 0 aromatic rings. The molecule has 1 aliphatic carbocycles. The number of rotatable bonds is 5. The Balaban J connectivity index is 1.90. The molecule has 0 radical (unpaired) electrons. The van der Waals surface area contributed by atoms with Crippen LogP contribution < -0.4 is 5.32 Å². The lowest BCUT2D eigenvalue weighted by molar-refractivity contribution is -0.144. The molecule has 6 heteroatoms. The highest BCUT2D eigenvalue weighted by Gasteiger charge is 2.33. The number of carbonyl (C=O) groups excluding carboxylic acids is 1. The lowest BCUT2D eigenvalue weighted by atomic mass is 9.93. The Morgan fingerprint density at radius 1 is 1.29 bits per heavy atom. The first-order valence-corrected chi connectivity index (χ1v) is 7.97. The average molecular weight is 298 g/mol. The van der Waals surface area contributed by atoms with Gasteiger partial charge in [0.2, 0.25) is 0 Å². The highest BCUT2D eigenvalue weighted by molar-refractivity contribution is 5.71. The molecule has 2 N–H and O–H groups in total. The van der Waals surface area contributed by atoms with Gasteiger partial charge in [-0.2, -0.15) is 0 Å². The van der Waals surface area contributed by atoms with Crippen LogP contribution in [0.25, 0.3) is 0 Å². The van der Waals surface area contributed by atoms with Gasteiger partial charge in [0.15, 0.2) is 0 Å². The van der Waals surface area contributed by atoms with Gasteiger partial charge in [0, 0.05) is 25.7 Å². The summed E-state index contributed by atoms with van der Waals surface area (Å²) in [6.07, 6.45) is 5.08. The molecule has 2 unspecified atom stereocenters. The summed E-state index contributed by atoms with van der Waals surface area (Å²) >= 11 is 0. The predicted molar refractivity (Wildman–Crippen MR) is 78.1 cm³/mol. The molecule has 6 nitrogen and oxygen atoms in total. The Bertz CT molecular complexity index is 369. The second-order valence-electron chi connectivity index (χ2n) is 6.20. The highest BCUT2D eigenvalue weighted by Crippen LogP contribution is 2.27. The summed E-state index contributed by atoms with van der Waals surface area (Å²) in [4.78, 5) is 25.1. The maximum absolute atomic E-state index is 11.5. The van der Waals surface area contributed by atoms with Crippen LogP contribution >= 0.6 is 0 Å². The van der Waals surface area contributed by atoms with Crippen molar-refractivity contribution in [1.82, 2.24) is 10.2 Å². The first-order chi connectivity index (χ1) is 10.1. The van der Waals surface area contributed by atoms with Gasteiger partial charge in [-0.3, -0.25) is 4.79 Å². The Hall–Kier alpha value is -1.30. The Labute approximate surface area is 125 Å². The normalized spacial score (nSPS) is 27.5. The number of carboxylic acid groups (broad SMARTS) is 1. The van der Waals surface area contributed by atoms with E-state index in [2.05, 4.69) is 10.2 Å². The molecule has 1 aliphatic heterocycles. The number of alkyl carbamates (subject to hydrolysis) is 1. The molecule has 2 rings (SSSR count). The van der Waals surface area contributed by atoms with Crippen molar-refractivity contribution in [3.8, 4) is 0 Å². The second-order valence-corrected chi connectivity index (χ2v) is 6.20. The third kappa shape index (κ3) is 4.88. The summed E-state index contributed by atoms with van der Waals surface area (Å²) in [5.41, 5.74) is 0. The second kappa shape index (κ2) is 7.64. The predicted octanol–water partition coefficient (Wildman–Crippen LogP) is 1.70. The summed E-state index contributed by atoms with van der Waals surface area (Å²) in [6.45, 7) is 4.34. The molecule has 0 aromatic heterocycles. The largest absolute Gasteiger partial charge is 0.481 e. The van der Waals surface area contributed by atoms with Gasteiger partial charge in [-0.1, -0.05) is 12.8 Å². The monoisotopic (exact) mass is 298 g/mol. The molecule has 1 heterocycles. The smallest absolute Gasteiger partial charge is 0.407 e. The molecule has 2 aliphatic rings. The van der Waals surface area contributed by atoms with Crippen LogP contribution in [-0.2, 0) is 9.53 Å². The maximum Gasteiger partial charge on any atom is 0.407 e. The van der Waals surface area contributed by atoms with E-state index in [4.69, 9.17) is 4.74 Å². The molecular formula is C15H26N2O4. The molecule has 120 valence electrons. The van der Waals surface area contributed by atoms with E-state index in [0.29, 0.717) is 25.5 Å².